The third kappa shape index (κ3) is 3.41. The lowest BCUT2D eigenvalue weighted by atomic mass is 9.95. The molecule has 0 spiro atoms. The van der Waals surface area contributed by atoms with Crippen LogP contribution in [0.4, 0.5) is 10.1 Å². The molecule has 0 aliphatic heterocycles. The van der Waals surface area contributed by atoms with Crippen molar-refractivity contribution in [2.75, 3.05) is 7.11 Å². The van der Waals surface area contributed by atoms with E-state index >= 15 is 0 Å². The Morgan fingerprint density at radius 1 is 1.26 bits per heavy atom. The second-order valence-corrected chi connectivity index (χ2v) is 4.62. The van der Waals surface area contributed by atoms with Crippen molar-refractivity contribution < 1.29 is 18.8 Å². The highest BCUT2D eigenvalue weighted by atomic mass is 19.1. The van der Waals surface area contributed by atoms with Gasteiger partial charge in [-0.05, 0) is 31.7 Å². The first-order valence-corrected chi connectivity index (χ1v) is 6.23. The minimum Gasteiger partial charge on any atom is -0.483 e. The van der Waals surface area contributed by atoms with Crippen molar-refractivity contribution >= 4 is 5.69 Å². The van der Waals surface area contributed by atoms with Crippen LogP contribution in [0.2, 0.25) is 0 Å². The van der Waals surface area contributed by atoms with Gasteiger partial charge in [-0.2, -0.15) is 0 Å². The number of halogens is 1. The molecule has 1 aromatic rings. The molecule has 0 amide bonds. The molecule has 19 heavy (non-hydrogen) atoms. The maximum absolute atomic E-state index is 13.2. The van der Waals surface area contributed by atoms with Gasteiger partial charge in [0.25, 0.3) is 0 Å². The van der Waals surface area contributed by atoms with Gasteiger partial charge in [0.05, 0.1) is 17.1 Å². The SMILES string of the molecule is COC1CCC(Oc2cc(F)ccc2[N+](=O)[O-])CC1. The van der Waals surface area contributed by atoms with E-state index in [1.165, 1.54) is 0 Å². The predicted octanol–water partition coefficient (Wildman–Crippen LogP) is 3.07. The smallest absolute Gasteiger partial charge is 0.311 e. The van der Waals surface area contributed by atoms with Gasteiger partial charge in [-0.1, -0.05) is 0 Å². The lowest BCUT2D eigenvalue weighted by molar-refractivity contribution is -0.386. The molecular weight excluding hydrogens is 253 g/mol. The molecule has 5 nitrogen and oxygen atoms in total. The molecule has 0 aromatic heterocycles. The van der Waals surface area contributed by atoms with E-state index in [4.69, 9.17) is 9.47 Å². The standard InChI is InChI=1S/C13H16FNO4/c1-18-10-3-5-11(6-4-10)19-13-8-9(14)2-7-12(13)15(16)17/h2,7-8,10-11H,3-6H2,1H3. The fourth-order valence-electron chi connectivity index (χ4n) is 2.30. The molecule has 0 N–H and O–H groups in total. The molecule has 0 radical (unpaired) electrons. The third-order valence-corrected chi connectivity index (χ3v) is 3.37. The Morgan fingerprint density at radius 3 is 2.47 bits per heavy atom. The molecule has 0 saturated heterocycles. The average Bonchev–Trinajstić information content (AvgIpc) is 2.39. The minimum absolute atomic E-state index is 0.00543. The lowest BCUT2D eigenvalue weighted by Crippen LogP contribution is -2.27. The summed E-state index contributed by atoms with van der Waals surface area (Å²) in [5.41, 5.74) is -0.199. The van der Waals surface area contributed by atoms with Gasteiger partial charge in [-0.25, -0.2) is 4.39 Å². The van der Waals surface area contributed by atoms with E-state index in [-0.39, 0.29) is 23.6 Å². The summed E-state index contributed by atoms with van der Waals surface area (Å²) in [6.07, 6.45) is 3.32. The Kier molecular flexibility index (Phi) is 4.31. The molecule has 0 unspecified atom stereocenters. The normalized spacial score (nSPS) is 23.1. The van der Waals surface area contributed by atoms with Crippen LogP contribution in [0.25, 0.3) is 0 Å². The molecule has 1 fully saturated rings. The summed E-state index contributed by atoms with van der Waals surface area (Å²) >= 11 is 0. The Balaban J connectivity index is 2.06. The molecule has 0 bridgehead atoms. The van der Waals surface area contributed by atoms with Crippen LogP contribution in [0.15, 0.2) is 18.2 Å². The minimum atomic E-state index is -0.560. The van der Waals surface area contributed by atoms with Crippen molar-refractivity contribution in [1.29, 1.82) is 0 Å². The van der Waals surface area contributed by atoms with E-state index in [2.05, 4.69) is 0 Å². The molecular formula is C13H16FNO4. The molecule has 0 heterocycles. The summed E-state index contributed by atoms with van der Waals surface area (Å²) in [7, 11) is 1.67. The van der Waals surface area contributed by atoms with E-state index in [1.807, 2.05) is 0 Å². The second-order valence-electron chi connectivity index (χ2n) is 4.62. The van der Waals surface area contributed by atoms with Crippen LogP contribution in [0.5, 0.6) is 5.75 Å². The van der Waals surface area contributed by atoms with Crippen LogP contribution in [0.3, 0.4) is 0 Å². The van der Waals surface area contributed by atoms with Crippen molar-refractivity contribution in [2.24, 2.45) is 0 Å². The number of nitrogens with zero attached hydrogens (tertiary/aromatic N) is 1. The van der Waals surface area contributed by atoms with Gasteiger partial charge >= 0.3 is 5.69 Å². The Labute approximate surface area is 110 Å². The van der Waals surface area contributed by atoms with Gasteiger partial charge in [-0.15, -0.1) is 0 Å². The summed E-state index contributed by atoms with van der Waals surface area (Å²) < 4.78 is 24.0. The van der Waals surface area contributed by atoms with Crippen molar-refractivity contribution in [1.82, 2.24) is 0 Å². The number of nitro groups is 1. The Hall–Kier alpha value is -1.69. The summed E-state index contributed by atoms with van der Waals surface area (Å²) in [5.74, 6) is -0.531. The summed E-state index contributed by atoms with van der Waals surface area (Å²) in [4.78, 5) is 10.3. The second kappa shape index (κ2) is 5.97. The molecule has 1 aliphatic carbocycles. The van der Waals surface area contributed by atoms with Crippen molar-refractivity contribution in [3.8, 4) is 5.75 Å². The van der Waals surface area contributed by atoms with Crippen molar-refractivity contribution in [2.45, 2.75) is 37.9 Å². The number of rotatable bonds is 4. The van der Waals surface area contributed by atoms with Gasteiger partial charge in [0.2, 0.25) is 0 Å². The van der Waals surface area contributed by atoms with Crippen LogP contribution < -0.4 is 4.74 Å². The van der Waals surface area contributed by atoms with E-state index in [0.717, 1.165) is 43.9 Å². The van der Waals surface area contributed by atoms with E-state index in [9.17, 15) is 14.5 Å². The number of ether oxygens (including phenoxy) is 2. The quantitative estimate of drug-likeness (QED) is 0.622. The molecule has 104 valence electrons. The highest BCUT2D eigenvalue weighted by molar-refractivity contribution is 5.46. The van der Waals surface area contributed by atoms with Crippen LogP contribution in [0.1, 0.15) is 25.7 Å². The van der Waals surface area contributed by atoms with Crippen LogP contribution >= 0.6 is 0 Å². The van der Waals surface area contributed by atoms with Gasteiger partial charge in [0.15, 0.2) is 5.75 Å². The average molecular weight is 269 g/mol. The van der Waals surface area contributed by atoms with E-state index in [1.54, 1.807) is 7.11 Å². The monoisotopic (exact) mass is 269 g/mol. The molecule has 1 saturated carbocycles. The van der Waals surface area contributed by atoms with Crippen LogP contribution in [0, 0.1) is 15.9 Å². The van der Waals surface area contributed by atoms with Crippen molar-refractivity contribution in [3.05, 3.63) is 34.1 Å². The number of hydrogen-bond donors (Lipinski definition) is 0. The predicted molar refractivity (Wildman–Crippen MR) is 66.7 cm³/mol. The summed E-state index contributed by atoms with van der Waals surface area (Å²) in [6.45, 7) is 0. The van der Waals surface area contributed by atoms with E-state index in [0.29, 0.717) is 0 Å². The first-order chi connectivity index (χ1) is 9.10. The number of hydrogen-bond acceptors (Lipinski definition) is 4. The fourth-order valence-corrected chi connectivity index (χ4v) is 2.30. The lowest BCUT2D eigenvalue weighted by Gasteiger charge is -2.27. The molecule has 2 rings (SSSR count). The first-order valence-electron chi connectivity index (χ1n) is 6.23. The number of methoxy groups -OCH3 is 1. The highest BCUT2D eigenvalue weighted by Crippen LogP contribution is 2.31. The number of nitro benzene ring substituents is 1. The maximum atomic E-state index is 13.2. The van der Waals surface area contributed by atoms with Gasteiger partial charge in [0.1, 0.15) is 5.82 Å². The zero-order valence-corrected chi connectivity index (χ0v) is 10.7. The molecule has 1 aliphatic rings. The number of benzene rings is 1. The van der Waals surface area contributed by atoms with Crippen LogP contribution in [-0.2, 0) is 4.74 Å². The highest BCUT2D eigenvalue weighted by Gasteiger charge is 2.25. The Bertz CT molecular complexity index is 458. The summed E-state index contributed by atoms with van der Waals surface area (Å²) in [6, 6.07) is 3.26. The maximum Gasteiger partial charge on any atom is 0.311 e. The zero-order valence-electron chi connectivity index (χ0n) is 10.7. The zero-order chi connectivity index (χ0) is 13.8. The first kappa shape index (κ1) is 13.7. The van der Waals surface area contributed by atoms with Gasteiger partial charge in [-0.3, -0.25) is 10.1 Å². The largest absolute Gasteiger partial charge is 0.483 e. The Morgan fingerprint density at radius 2 is 1.89 bits per heavy atom. The fraction of sp³-hybridized carbons (Fsp3) is 0.538. The van der Waals surface area contributed by atoms with E-state index < -0.39 is 10.7 Å². The van der Waals surface area contributed by atoms with Gasteiger partial charge < -0.3 is 9.47 Å². The summed E-state index contributed by atoms with van der Waals surface area (Å²) in [5, 5.41) is 10.9. The molecule has 6 heteroatoms. The van der Waals surface area contributed by atoms with Crippen LogP contribution in [-0.4, -0.2) is 24.2 Å². The topological polar surface area (TPSA) is 61.6 Å². The molecule has 1 aromatic carbocycles. The van der Waals surface area contributed by atoms with Gasteiger partial charge in [0, 0.05) is 19.2 Å². The third-order valence-electron chi connectivity index (χ3n) is 3.37. The van der Waals surface area contributed by atoms with Crippen molar-refractivity contribution in [3.63, 3.8) is 0 Å². The molecule has 0 atom stereocenters.